The summed E-state index contributed by atoms with van der Waals surface area (Å²) in [5, 5.41) is 3.81. The second-order valence-corrected chi connectivity index (χ2v) is 6.62. The number of para-hydroxylation sites is 1. The minimum Gasteiger partial charge on any atom is -0.497 e. The number of amides is 1. The number of aromatic nitrogens is 1. The first-order valence-corrected chi connectivity index (χ1v) is 9.06. The van der Waals surface area contributed by atoms with Crippen LogP contribution in [-0.4, -0.2) is 18.0 Å². The van der Waals surface area contributed by atoms with Gasteiger partial charge in [-0.3, -0.25) is 4.79 Å². The Hall–Kier alpha value is -3.66. The largest absolute Gasteiger partial charge is 0.497 e. The molecule has 0 saturated heterocycles. The lowest BCUT2D eigenvalue weighted by atomic mass is 10.0. The van der Waals surface area contributed by atoms with Crippen LogP contribution in [0.15, 0.2) is 78.9 Å². The number of fused-ring (bicyclic) bond motifs is 1. The zero-order valence-electron chi connectivity index (χ0n) is 15.8. The fourth-order valence-electron chi connectivity index (χ4n) is 3.13. The molecule has 0 unspecified atom stereocenters. The number of hydrogen-bond donors (Lipinski definition) is 1. The van der Waals surface area contributed by atoms with Crippen LogP contribution in [0.3, 0.4) is 0 Å². The van der Waals surface area contributed by atoms with Gasteiger partial charge in [0.25, 0.3) is 5.91 Å². The number of nitrogens with zero attached hydrogens (tertiary/aromatic N) is 1. The fraction of sp³-hybridized carbons (Fsp3) is 0.0833. The lowest BCUT2D eigenvalue weighted by Gasteiger charge is -2.11. The van der Waals surface area contributed by atoms with E-state index in [4.69, 9.17) is 9.72 Å². The number of nitrogens with one attached hydrogen (secondary N) is 1. The molecule has 0 aliphatic rings. The molecule has 4 heteroatoms. The quantitative estimate of drug-likeness (QED) is 0.519. The summed E-state index contributed by atoms with van der Waals surface area (Å²) < 4.78 is 5.32. The molecule has 0 atom stereocenters. The fourth-order valence-corrected chi connectivity index (χ4v) is 3.13. The molecular weight excluding hydrogens is 348 g/mol. The molecule has 0 saturated carbocycles. The predicted octanol–water partition coefficient (Wildman–Crippen LogP) is 5.47. The Morgan fingerprint density at radius 1 is 0.929 bits per heavy atom. The number of ether oxygens (including phenoxy) is 1. The molecule has 0 fully saturated rings. The Labute approximate surface area is 163 Å². The second kappa shape index (κ2) is 7.53. The molecule has 4 aromatic rings. The lowest BCUT2D eigenvalue weighted by Crippen LogP contribution is -2.13. The number of rotatable bonds is 4. The Balaban J connectivity index is 1.79. The summed E-state index contributed by atoms with van der Waals surface area (Å²) in [4.78, 5) is 17.8. The average molecular weight is 368 g/mol. The predicted molar refractivity (Wildman–Crippen MR) is 113 cm³/mol. The van der Waals surface area contributed by atoms with Crippen molar-refractivity contribution in [2.75, 3.05) is 12.4 Å². The molecule has 1 aromatic heterocycles. The second-order valence-electron chi connectivity index (χ2n) is 6.62. The van der Waals surface area contributed by atoms with Crippen LogP contribution in [0.5, 0.6) is 5.75 Å². The Morgan fingerprint density at radius 3 is 2.50 bits per heavy atom. The zero-order chi connectivity index (χ0) is 19.5. The van der Waals surface area contributed by atoms with E-state index in [2.05, 4.69) is 5.32 Å². The average Bonchev–Trinajstić information content (AvgIpc) is 2.74. The molecular formula is C24H20N2O2. The van der Waals surface area contributed by atoms with Gasteiger partial charge in [0, 0.05) is 16.6 Å². The summed E-state index contributed by atoms with van der Waals surface area (Å²) in [7, 11) is 1.63. The van der Waals surface area contributed by atoms with Crippen LogP contribution in [0, 0.1) is 6.92 Å². The van der Waals surface area contributed by atoms with E-state index in [-0.39, 0.29) is 5.91 Å². The number of pyridine rings is 1. The van der Waals surface area contributed by atoms with Crippen molar-refractivity contribution in [3.05, 3.63) is 90.0 Å². The van der Waals surface area contributed by atoms with E-state index in [0.717, 1.165) is 39.2 Å². The van der Waals surface area contributed by atoms with Gasteiger partial charge in [0.05, 0.1) is 23.9 Å². The van der Waals surface area contributed by atoms with Crippen LogP contribution >= 0.6 is 0 Å². The van der Waals surface area contributed by atoms with Crippen LogP contribution in [-0.2, 0) is 0 Å². The molecule has 0 aliphatic heterocycles. The van der Waals surface area contributed by atoms with Gasteiger partial charge in [-0.15, -0.1) is 0 Å². The number of hydrogen-bond acceptors (Lipinski definition) is 3. The molecule has 4 rings (SSSR count). The standard InChI is InChI=1S/C24H20N2O2/c1-16-10-12-18(13-11-16)25-24(27)21-15-23(17-6-5-7-19(14-17)28-2)26-22-9-4-3-8-20(21)22/h3-15H,1-2H3,(H,25,27). The highest BCUT2D eigenvalue weighted by Gasteiger charge is 2.14. The number of anilines is 1. The minimum absolute atomic E-state index is 0.161. The lowest BCUT2D eigenvalue weighted by molar-refractivity contribution is 0.102. The van der Waals surface area contributed by atoms with Gasteiger partial charge in [-0.25, -0.2) is 4.98 Å². The highest BCUT2D eigenvalue weighted by atomic mass is 16.5. The number of carbonyl (C=O) groups excluding carboxylic acids is 1. The smallest absolute Gasteiger partial charge is 0.256 e. The van der Waals surface area contributed by atoms with Crippen molar-refractivity contribution in [2.24, 2.45) is 0 Å². The van der Waals surface area contributed by atoms with E-state index < -0.39 is 0 Å². The molecule has 0 radical (unpaired) electrons. The van der Waals surface area contributed by atoms with E-state index in [1.807, 2.05) is 85.8 Å². The van der Waals surface area contributed by atoms with Crippen molar-refractivity contribution in [1.82, 2.24) is 4.98 Å². The third-order valence-electron chi connectivity index (χ3n) is 4.64. The van der Waals surface area contributed by atoms with Crippen LogP contribution in [0.1, 0.15) is 15.9 Å². The Morgan fingerprint density at radius 2 is 1.71 bits per heavy atom. The first kappa shape index (κ1) is 17.7. The molecule has 1 N–H and O–H groups in total. The topological polar surface area (TPSA) is 51.2 Å². The van der Waals surface area contributed by atoms with Crippen LogP contribution < -0.4 is 10.1 Å². The maximum atomic E-state index is 13.1. The highest BCUT2D eigenvalue weighted by Crippen LogP contribution is 2.27. The molecule has 4 nitrogen and oxygen atoms in total. The van der Waals surface area contributed by atoms with Crippen molar-refractivity contribution >= 4 is 22.5 Å². The first-order chi connectivity index (χ1) is 13.6. The minimum atomic E-state index is -0.161. The summed E-state index contributed by atoms with van der Waals surface area (Å²) in [5.74, 6) is 0.588. The van der Waals surface area contributed by atoms with Crippen molar-refractivity contribution in [2.45, 2.75) is 6.92 Å². The molecule has 1 heterocycles. The molecule has 28 heavy (non-hydrogen) atoms. The number of carbonyl (C=O) groups is 1. The third-order valence-corrected chi connectivity index (χ3v) is 4.64. The number of methoxy groups -OCH3 is 1. The summed E-state index contributed by atoms with van der Waals surface area (Å²) >= 11 is 0. The van der Waals surface area contributed by atoms with Crippen molar-refractivity contribution < 1.29 is 9.53 Å². The van der Waals surface area contributed by atoms with E-state index in [0.29, 0.717) is 5.56 Å². The zero-order valence-corrected chi connectivity index (χ0v) is 15.8. The maximum absolute atomic E-state index is 13.1. The van der Waals surface area contributed by atoms with Crippen molar-refractivity contribution in [1.29, 1.82) is 0 Å². The monoisotopic (exact) mass is 368 g/mol. The SMILES string of the molecule is COc1cccc(-c2cc(C(=O)Nc3ccc(C)cc3)c3ccccc3n2)c1. The van der Waals surface area contributed by atoms with E-state index in [9.17, 15) is 4.79 Å². The summed E-state index contributed by atoms with van der Waals surface area (Å²) in [6.45, 7) is 2.02. The number of benzene rings is 3. The van der Waals surface area contributed by atoms with Gasteiger partial charge in [-0.05, 0) is 43.3 Å². The maximum Gasteiger partial charge on any atom is 0.256 e. The van der Waals surface area contributed by atoms with Crippen molar-refractivity contribution in [3.8, 4) is 17.0 Å². The van der Waals surface area contributed by atoms with Crippen LogP contribution in [0.4, 0.5) is 5.69 Å². The van der Waals surface area contributed by atoms with Gasteiger partial charge in [0.15, 0.2) is 0 Å². The highest BCUT2D eigenvalue weighted by molar-refractivity contribution is 6.13. The van der Waals surface area contributed by atoms with Gasteiger partial charge in [0.2, 0.25) is 0 Å². The van der Waals surface area contributed by atoms with E-state index >= 15 is 0 Å². The summed E-state index contributed by atoms with van der Waals surface area (Å²) in [6, 6.07) is 24.9. The third kappa shape index (κ3) is 3.58. The molecule has 0 bridgehead atoms. The molecule has 3 aromatic carbocycles. The Kier molecular flexibility index (Phi) is 4.77. The Bertz CT molecular complexity index is 1150. The normalized spacial score (nSPS) is 10.6. The number of aryl methyl sites for hydroxylation is 1. The molecule has 138 valence electrons. The van der Waals surface area contributed by atoms with Crippen LogP contribution in [0.25, 0.3) is 22.2 Å². The molecule has 0 aliphatic carbocycles. The van der Waals surface area contributed by atoms with E-state index in [1.54, 1.807) is 7.11 Å². The van der Waals surface area contributed by atoms with Crippen LogP contribution in [0.2, 0.25) is 0 Å². The molecule has 0 spiro atoms. The van der Waals surface area contributed by atoms with Gasteiger partial charge >= 0.3 is 0 Å². The first-order valence-electron chi connectivity index (χ1n) is 9.06. The van der Waals surface area contributed by atoms with Crippen molar-refractivity contribution in [3.63, 3.8) is 0 Å². The van der Waals surface area contributed by atoms with Gasteiger partial charge in [-0.1, -0.05) is 48.0 Å². The van der Waals surface area contributed by atoms with Gasteiger partial charge in [0.1, 0.15) is 5.75 Å². The van der Waals surface area contributed by atoms with Gasteiger partial charge < -0.3 is 10.1 Å². The van der Waals surface area contributed by atoms with Gasteiger partial charge in [-0.2, -0.15) is 0 Å². The van der Waals surface area contributed by atoms with E-state index in [1.165, 1.54) is 0 Å². The molecule has 1 amide bonds. The summed E-state index contributed by atoms with van der Waals surface area (Å²) in [6.07, 6.45) is 0. The summed E-state index contributed by atoms with van der Waals surface area (Å²) in [5.41, 5.74) is 4.90.